The molecular weight excluding hydrogens is 282 g/mol. The third kappa shape index (κ3) is 1.88. The molecule has 4 atom stereocenters. The van der Waals surface area contributed by atoms with Crippen LogP contribution in [-0.4, -0.2) is 66.6 Å². The average molecular weight is 297 g/mol. The number of aliphatic hydroxyl groups excluding tert-OH is 3. The van der Waals surface area contributed by atoms with E-state index < -0.39 is 30.8 Å². The van der Waals surface area contributed by atoms with E-state index in [4.69, 9.17) is 15.2 Å². The number of imidazole rings is 1. The fourth-order valence-corrected chi connectivity index (χ4v) is 2.40. The molecule has 2 aromatic heterocycles. The molecule has 3 heterocycles. The number of nitrogens with zero attached hydrogens (tertiary/aromatic N) is 4. The monoisotopic (exact) mass is 297 g/mol. The first-order chi connectivity index (χ1) is 10.0. The van der Waals surface area contributed by atoms with Crippen LogP contribution >= 0.6 is 0 Å². The summed E-state index contributed by atoms with van der Waals surface area (Å²) < 4.78 is 11.9. The van der Waals surface area contributed by atoms with Crippen molar-refractivity contribution in [3.8, 4) is 0 Å². The van der Waals surface area contributed by atoms with Crippen LogP contribution in [0.5, 0.6) is 0 Å². The Morgan fingerprint density at radius 3 is 2.81 bits per heavy atom. The quantitative estimate of drug-likeness (QED) is 0.504. The van der Waals surface area contributed by atoms with Gasteiger partial charge in [0.05, 0.1) is 6.33 Å². The molecule has 0 saturated carbocycles. The van der Waals surface area contributed by atoms with Crippen molar-refractivity contribution in [2.45, 2.75) is 24.2 Å². The number of fused-ring (bicyclic) bond motifs is 1. The number of nitrogen functional groups attached to an aromatic ring is 1. The summed E-state index contributed by atoms with van der Waals surface area (Å²) in [6, 6.07) is 0. The van der Waals surface area contributed by atoms with Crippen LogP contribution in [0.25, 0.3) is 11.2 Å². The highest BCUT2D eigenvalue weighted by molar-refractivity contribution is 5.81. The smallest absolute Gasteiger partial charge is 0.222 e. The second-order valence-corrected chi connectivity index (χ2v) is 4.70. The van der Waals surface area contributed by atoms with Crippen molar-refractivity contribution in [2.24, 2.45) is 0 Å². The molecule has 0 aliphatic carbocycles. The lowest BCUT2D eigenvalue weighted by Gasteiger charge is -2.27. The lowest BCUT2D eigenvalue weighted by molar-refractivity contribution is -0.269. The third-order valence-electron chi connectivity index (χ3n) is 3.61. The molecule has 2 aromatic rings. The summed E-state index contributed by atoms with van der Waals surface area (Å²) in [6.45, 7) is -0.623. The molecular formula is C11H15N5O5. The summed E-state index contributed by atoms with van der Waals surface area (Å²) >= 11 is 0. The molecule has 0 spiro atoms. The van der Waals surface area contributed by atoms with Crippen LogP contribution < -0.4 is 5.73 Å². The van der Waals surface area contributed by atoms with Gasteiger partial charge in [0.25, 0.3) is 0 Å². The highest BCUT2D eigenvalue weighted by atomic mass is 16.7. The number of rotatable bonds is 3. The predicted molar refractivity (Wildman–Crippen MR) is 68.7 cm³/mol. The van der Waals surface area contributed by atoms with Gasteiger partial charge in [-0.3, -0.25) is 4.57 Å². The fourth-order valence-electron chi connectivity index (χ4n) is 2.40. The van der Waals surface area contributed by atoms with E-state index in [0.29, 0.717) is 11.2 Å². The Labute approximate surface area is 118 Å². The molecule has 10 heteroatoms. The molecule has 1 aliphatic rings. The summed E-state index contributed by atoms with van der Waals surface area (Å²) in [6.07, 6.45) is -1.20. The van der Waals surface area contributed by atoms with Crippen molar-refractivity contribution in [3.05, 3.63) is 12.7 Å². The first-order valence-corrected chi connectivity index (χ1v) is 6.17. The number of anilines is 1. The molecule has 0 bridgehead atoms. The Morgan fingerprint density at radius 2 is 2.19 bits per heavy atom. The van der Waals surface area contributed by atoms with Gasteiger partial charge in [-0.2, -0.15) is 0 Å². The zero-order valence-electron chi connectivity index (χ0n) is 11.1. The van der Waals surface area contributed by atoms with Gasteiger partial charge in [-0.1, -0.05) is 0 Å². The van der Waals surface area contributed by atoms with Gasteiger partial charge >= 0.3 is 0 Å². The molecule has 10 nitrogen and oxygen atoms in total. The Morgan fingerprint density at radius 1 is 1.43 bits per heavy atom. The molecule has 3 rings (SSSR count). The number of hydrogen-bond donors (Lipinski definition) is 4. The third-order valence-corrected chi connectivity index (χ3v) is 3.61. The van der Waals surface area contributed by atoms with Gasteiger partial charge in [0, 0.05) is 7.11 Å². The molecule has 0 radical (unpaired) electrons. The van der Waals surface area contributed by atoms with E-state index in [0.717, 1.165) is 0 Å². The van der Waals surface area contributed by atoms with Crippen molar-refractivity contribution in [1.29, 1.82) is 0 Å². The number of methoxy groups -OCH3 is 1. The van der Waals surface area contributed by atoms with Crippen LogP contribution in [0.1, 0.15) is 6.23 Å². The largest absolute Gasteiger partial charge is 0.391 e. The molecule has 0 amide bonds. The molecule has 5 N–H and O–H groups in total. The number of hydrogen-bond acceptors (Lipinski definition) is 9. The Bertz CT molecular complexity index is 657. The van der Waals surface area contributed by atoms with Crippen molar-refractivity contribution in [3.63, 3.8) is 0 Å². The van der Waals surface area contributed by atoms with Gasteiger partial charge < -0.3 is 30.5 Å². The minimum Gasteiger partial charge on any atom is -0.391 e. The summed E-state index contributed by atoms with van der Waals surface area (Å²) in [4.78, 5) is 11.9. The second-order valence-electron chi connectivity index (χ2n) is 4.70. The number of aromatic nitrogens is 4. The maximum atomic E-state index is 10.2. The molecule has 114 valence electrons. The topological polar surface area (TPSA) is 149 Å². The first-order valence-electron chi connectivity index (χ1n) is 6.17. The van der Waals surface area contributed by atoms with Crippen molar-refractivity contribution < 1.29 is 24.8 Å². The molecule has 1 fully saturated rings. The zero-order valence-corrected chi connectivity index (χ0v) is 11.1. The van der Waals surface area contributed by atoms with Gasteiger partial charge in [0.15, 0.2) is 17.7 Å². The van der Waals surface area contributed by atoms with Crippen LogP contribution in [-0.2, 0) is 9.47 Å². The maximum Gasteiger partial charge on any atom is 0.222 e. The van der Waals surface area contributed by atoms with Gasteiger partial charge in [0.2, 0.25) is 5.79 Å². The maximum absolute atomic E-state index is 10.2. The highest BCUT2D eigenvalue weighted by Gasteiger charge is 2.55. The first kappa shape index (κ1) is 14.1. The number of ether oxygens (including phenoxy) is 2. The lowest BCUT2D eigenvalue weighted by atomic mass is 10.1. The number of nitrogens with two attached hydrogens (primary N) is 1. The van der Waals surface area contributed by atoms with Gasteiger partial charge in [0.1, 0.15) is 30.7 Å². The molecule has 2 unspecified atom stereocenters. The van der Waals surface area contributed by atoms with E-state index in [1.54, 1.807) is 0 Å². The highest BCUT2D eigenvalue weighted by Crippen LogP contribution is 2.38. The molecule has 1 saturated heterocycles. The predicted octanol–water partition coefficient (Wildman–Crippen LogP) is -2.01. The zero-order chi connectivity index (χ0) is 15.2. The van der Waals surface area contributed by atoms with E-state index >= 15 is 0 Å². The fraction of sp³-hybridized carbons (Fsp3) is 0.545. The Hall–Kier alpha value is -1.85. The second kappa shape index (κ2) is 4.86. The normalized spacial score (nSPS) is 32.9. The van der Waals surface area contributed by atoms with Gasteiger partial charge in [-0.15, -0.1) is 0 Å². The van der Waals surface area contributed by atoms with Crippen LogP contribution in [0.3, 0.4) is 0 Å². The van der Waals surface area contributed by atoms with E-state index in [9.17, 15) is 15.3 Å². The van der Waals surface area contributed by atoms with Crippen LogP contribution in [0.2, 0.25) is 0 Å². The van der Waals surface area contributed by atoms with E-state index in [2.05, 4.69) is 15.0 Å². The van der Waals surface area contributed by atoms with Crippen molar-refractivity contribution in [1.82, 2.24) is 19.5 Å². The standard InChI is InChI=1S/C11H15N5O5/c1-20-11(2-17)7(19)6(18)10(21-11)16-4-15-5-8(12)13-3-14-9(5)16/h3-4,6-7,10,17-19H,2H2,1H3,(H2,12,13,14)/t6?,7?,10-,11-/m1/s1. The van der Waals surface area contributed by atoms with Crippen molar-refractivity contribution in [2.75, 3.05) is 19.5 Å². The molecule has 21 heavy (non-hydrogen) atoms. The van der Waals surface area contributed by atoms with Crippen LogP contribution in [0, 0.1) is 0 Å². The SMILES string of the molecule is CO[C@]1(CO)O[C@@H](n2cnc3c(N)ncnc32)C(O)C1O. The van der Waals surface area contributed by atoms with E-state index in [1.807, 2.05) is 0 Å². The average Bonchev–Trinajstić information content (AvgIpc) is 3.02. The van der Waals surface area contributed by atoms with Gasteiger partial charge in [-0.25, -0.2) is 15.0 Å². The Kier molecular flexibility index (Phi) is 3.26. The van der Waals surface area contributed by atoms with Crippen molar-refractivity contribution >= 4 is 17.0 Å². The summed E-state index contributed by atoms with van der Waals surface area (Å²) in [5, 5.41) is 29.6. The summed E-state index contributed by atoms with van der Waals surface area (Å²) in [5.74, 6) is -1.52. The van der Waals surface area contributed by atoms with Crippen LogP contribution in [0.15, 0.2) is 12.7 Å². The molecule has 1 aliphatic heterocycles. The minimum absolute atomic E-state index is 0.187. The summed E-state index contributed by atoms with van der Waals surface area (Å²) in [7, 11) is 1.26. The van der Waals surface area contributed by atoms with Gasteiger partial charge in [-0.05, 0) is 0 Å². The number of aliphatic hydroxyl groups is 3. The van der Waals surface area contributed by atoms with E-state index in [1.165, 1.54) is 24.3 Å². The Balaban J connectivity index is 2.06. The molecule has 0 aromatic carbocycles. The van der Waals surface area contributed by atoms with Crippen LogP contribution in [0.4, 0.5) is 5.82 Å². The summed E-state index contributed by atoms with van der Waals surface area (Å²) in [5.41, 5.74) is 6.38. The lowest BCUT2D eigenvalue weighted by Crippen LogP contribution is -2.47. The minimum atomic E-state index is -1.71. The van der Waals surface area contributed by atoms with E-state index in [-0.39, 0.29) is 5.82 Å².